The van der Waals surface area contributed by atoms with Gasteiger partial charge in [0.15, 0.2) is 0 Å². The Balaban J connectivity index is 2.30. The monoisotopic (exact) mass is 335 g/mol. The Kier molecular flexibility index (Phi) is 3.19. The standard InChI is InChI=1S/C14H11BrFN3O/c15-10-3-2-9(6-11(10)16)19-13-4-1-8(17)5-12(13)18-14(19)7-20/h1-6,20H,7,17H2. The van der Waals surface area contributed by atoms with Gasteiger partial charge in [-0.2, -0.15) is 0 Å². The molecule has 0 radical (unpaired) electrons. The summed E-state index contributed by atoms with van der Waals surface area (Å²) in [4.78, 5) is 4.32. The van der Waals surface area contributed by atoms with Crippen molar-refractivity contribution >= 4 is 32.7 Å². The molecule has 0 aliphatic rings. The number of imidazole rings is 1. The van der Waals surface area contributed by atoms with Gasteiger partial charge >= 0.3 is 0 Å². The Hall–Kier alpha value is -1.92. The Morgan fingerprint density at radius 3 is 2.75 bits per heavy atom. The van der Waals surface area contributed by atoms with Gasteiger partial charge in [0.05, 0.1) is 21.2 Å². The predicted molar refractivity (Wildman–Crippen MR) is 79.1 cm³/mol. The molecule has 1 heterocycles. The van der Waals surface area contributed by atoms with Crippen LogP contribution in [0.1, 0.15) is 5.82 Å². The van der Waals surface area contributed by atoms with Crippen LogP contribution in [-0.4, -0.2) is 14.7 Å². The van der Waals surface area contributed by atoms with Crippen molar-refractivity contribution in [2.24, 2.45) is 0 Å². The van der Waals surface area contributed by atoms with E-state index in [0.29, 0.717) is 27.2 Å². The molecular formula is C14H11BrFN3O. The molecule has 0 bridgehead atoms. The van der Waals surface area contributed by atoms with Gasteiger partial charge in [0.25, 0.3) is 0 Å². The van der Waals surface area contributed by atoms with Gasteiger partial charge < -0.3 is 10.8 Å². The first-order valence-electron chi connectivity index (χ1n) is 5.93. The van der Waals surface area contributed by atoms with Crippen LogP contribution in [0, 0.1) is 5.82 Å². The molecule has 0 unspecified atom stereocenters. The molecule has 0 atom stereocenters. The second-order valence-corrected chi connectivity index (χ2v) is 5.22. The van der Waals surface area contributed by atoms with E-state index < -0.39 is 0 Å². The van der Waals surface area contributed by atoms with Crippen molar-refractivity contribution in [2.45, 2.75) is 6.61 Å². The number of nitrogens with zero attached hydrogens (tertiary/aromatic N) is 2. The molecule has 0 aliphatic carbocycles. The lowest BCUT2D eigenvalue weighted by Gasteiger charge is -2.08. The van der Waals surface area contributed by atoms with Crippen molar-refractivity contribution in [3.05, 3.63) is 52.5 Å². The summed E-state index contributed by atoms with van der Waals surface area (Å²) in [5, 5.41) is 9.46. The van der Waals surface area contributed by atoms with E-state index >= 15 is 0 Å². The summed E-state index contributed by atoms with van der Waals surface area (Å²) in [5.41, 5.74) is 8.35. The van der Waals surface area contributed by atoms with Crippen LogP contribution in [0.5, 0.6) is 0 Å². The number of hydrogen-bond acceptors (Lipinski definition) is 3. The predicted octanol–water partition coefficient (Wildman–Crippen LogP) is 3.00. The molecule has 0 amide bonds. The van der Waals surface area contributed by atoms with Crippen LogP contribution in [0.4, 0.5) is 10.1 Å². The first kappa shape index (κ1) is 13.1. The molecule has 3 aromatic rings. The third-order valence-corrected chi connectivity index (χ3v) is 3.69. The molecule has 2 aromatic carbocycles. The number of hydrogen-bond donors (Lipinski definition) is 2. The number of halogens is 2. The lowest BCUT2D eigenvalue weighted by Crippen LogP contribution is -2.01. The summed E-state index contributed by atoms with van der Waals surface area (Å²) >= 11 is 3.12. The zero-order valence-electron chi connectivity index (χ0n) is 10.3. The molecule has 6 heteroatoms. The molecule has 4 nitrogen and oxygen atoms in total. The minimum atomic E-state index is -0.372. The number of aliphatic hydroxyl groups is 1. The van der Waals surface area contributed by atoms with Crippen LogP contribution in [-0.2, 0) is 6.61 Å². The van der Waals surface area contributed by atoms with E-state index in [9.17, 15) is 9.50 Å². The van der Waals surface area contributed by atoms with Crippen LogP contribution in [0.15, 0.2) is 40.9 Å². The Labute approximate surface area is 122 Å². The highest BCUT2D eigenvalue weighted by molar-refractivity contribution is 9.10. The van der Waals surface area contributed by atoms with Crippen molar-refractivity contribution in [3.8, 4) is 5.69 Å². The minimum Gasteiger partial charge on any atom is -0.399 e. The van der Waals surface area contributed by atoms with Crippen LogP contribution in [0.25, 0.3) is 16.7 Å². The minimum absolute atomic E-state index is 0.244. The largest absolute Gasteiger partial charge is 0.399 e. The maximum absolute atomic E-state index is 13.7. The van der Waals surface area contributed by atoms with Crippen LogP contribution >= 0.6 is 15.9 Å². The van der Waals surface area contributed by atoms with Crippen LogP contribution in [0.2, 0.25) is 0 Å². The van der Waals surface area contributed by atoms with E-state index in [4.69, 9.17) is 5.73 Å². The van der Waals surface area contributed by atoms with Crippen molar-refractivity contribution in [1.29, 1.82) is 0 Å². The molecule has 0 spiro atoms. The molecule has 20 heavy (non-hydrogen) atoms. The molecule has 102 valence electrons. The summed E-state index contributed by atoms with van der Waals surface area (Å²) < 4.78 is 15.8. The van der Waals surface area contributed by atoms with E-state index in [1.807, 2.05) is 0 Å². The maximum atomic E-state index is 13.7. The number of benzene rings is 2. The smallest absolute Gasteiger partial charge is 0.140 e. The first-order chi connectivity index (χ1) is 9.60. The lowest BCUT2D eigenvalue weighted by atomic mass is 10.2. The number of fused-ring (bicyclic) bond motifs is 1. The van der Waals surface area contributed by atoms with E-state index in [-0.39, 0.29) is 12.4 Å². The van der Waals surface area contributed by atoms with Gasteiger partial charge in [-0.25, -0.2) is 9.37 Å². The topological polar surface area (TPSA) is 64.1 Å². The fourth-order valence-corrected chi connectivity index (χ4v) is 2.41. The first-order valence-corrected chi connectivity index (χ1v) is 6.72. The SMILES string of the molecule is Nc1ccc2c(c1)nc(CO)n2-c1ccc(Br)c(F)c1. The summed E-state index contributed by atoms with van der Waals surface area (Å²) in [5.74, 6) is 0.0657. The van der Waals surface area contributed by atoms with Gasteiger partial charge in [0.1, 0.15) is 18.2 Å². The molecule has 0 saturated carbocycles. The second kappa shape index (κ2) is 4.88. The van der Waals surface area contributed by atoms with E-state index in [2.05, 4.69) is 20.9 Å². The number of rotatable bonds is 2. The number of aromatic nitrogens is 2. The second-order valence-electron chi connectivity index (χ2n) is 4.37. The fraction of sp³-hybridized carbons (Fsp3) is 0.0714. The van der Waals surface area contributed by atoms with Gasteiger partial charge in [-0.3, -0.25) is 4.57 Å². The zero-order chi connectivity index (χ0) is 14.3. The zero-order valence-corrected chi connectivity index (χ0v) is 11.9. The van der Waals surface area contributed by atoms with E-state index in [1.165, 1.54) is 6.07 Å². The van der Waals surface area contributed by atoms with Crippen molar-refractivity contribution in [1.82, 2.24) is 9.55 Å². The van der Waals surface area contributed by atoms with Crippen molar-refractivity contribution in [3.63, 3.8) is 0 Å². The summed E-state index contributed by atoms with van der Waals surface area (Å²) in [6, 6.07) is 10.0. The van der Waals surface area contributed by atoms with E-state index in [1.54, 1.807) is 34.9 Å². The molecule has 0 fully saturated rings. The average molecular weight is 336 g/mol. The quantitative estimate of drug-likeness (QED) is 0.707. The number of nitrogens with two attached hydrogens (primary N) is 1. The van der Waals surface area contributed by atoms with Gasteiger partial charge in [0, 0.05) is 5.69 Å². The summed E-state index contributed by atoms with van der Waals surface area (Å²) in [6.07, 6.45) is 0. The van der Waals surface area contributed by atoms with Gasteiger partial charge in [-0.1, -0.05) is 0 Å². The molecule has 0 saturated heterocycles. The van der Waals surface area contributed by atoms with Gasteiger partial charge in [-0.05, 0) is 52.3 Å². The van der Waals surface area contributed by atoms with Gasteiger partial charge in [0.2, 0.25) is 0 Å². The highest BCUT2D eigenvalue weighted by atomic mass is 79.9. The molecule has 1 aromatic heterocycles. The number of anilines is 1. The van der Waals surface area contributed by atoms with E-state index in [0.717, 1.165) is 5.52 Å². The highest BCUT2D eigenvalue weighted by Crippen LogP contribution is 2.26. The lowest BCUT2D eigenvalue weighted by molar-refractivity contribution is 0.270. The molecular weight excluding hydrogens is 325 g/mol. The van der Waals surface area contributed by atoms with Crippen molar-refractivity contribution in [2.75, 3.05) is 5.73 Å². The Bertz CT molecular complexity index is 800. The molecule has 3 rings (SSSR count). The fourth-order valence-electron chi connectivity index (χ4n) is 2.17. The molecule has 0 aliphatic heterocycles. The van der Waals surface area contributed by atoms with Crippen LogP contribution in [0.3, 0.4) is 0 Å². The summed E-state index contributed by atoms with van der Waals surface area (Å²) in [6.45, 7) is -0.244. The summed E-state index contributed by atoms with van der Waals surface area (Å²) in [7, 11) is 0. The van der Waals surface area contributed by atoms with Gasteiger partial charge in [-0.15, -0.1) is 0 Å². The number of nitrogen functional groups attached to an aromatic ring is 1. The number of aliphatic hydroxyl groups excluding tert-OH is 1. The van der Waals surface area contributed by atoms with Crippen LogP contribution < -0.4 is 5.73 Å². The Morgan fingerprint density at radius 2 is 2.05 bits per heavy atom. The normalized spacial score (nSPS) is 11.2. The van der Waals surface area contributed by atoms with Crippen molar-refractivity contribution < 1.29 is 9.50 Å². The average Bonchev–Trinajstić information content (AvgIpc) is 2.79. The Morgan fingerprint density at radius 1 is 1.25 bits per heavy atom. The third-order valence-electron chi connectivity index (χ3n) is 3.05. The molecule has 3 N–H and O–H groups in total. The highest BCUT2D eigenvalue weighted by Gasteiger charge is 2.13. The maximum Gasteiger partial charge on any atom is 0.140 e. The third kappa shape index (κ3) is 2.07.